The van der Waals surface area contributed by atoms with Gasteiger partial charge in [-0.1, -0.05) is 18.2 Å². The lowest BCUT2D eigenvalue weighted by atomic mass is 10.0. The zero-order valence-corrected chi connectivity index (χ0v) is 9.92. The highest BCUT2D eigenvalue weighted by Gasteiger charge is 2.22. The van der Waals surface area contributed by atoms with E-state index in [0.717, 1.165) is 12.5 Å². The first-order chi connectivity index (χ1) is 7.81. The third kappa shape index (κ3) is 3.19. The Morgan fingerprint density at radius 2 is 2.12 bits per heavy atom. The maximum Gasteiger partial charge on any atom is 0.126 e. The molecule has 0 saturated heterocycles. The summed E-state index contributed by atoms with van der Waals surface area (Å²) in [5, 5.41) is 0. The molecule has 1 aromatic rings. The minimum atomic E-state index is -0.192. The SMILES string of the molecule is Fc1ccccc1C(CCl)COCC1CC1. The van der Waals surface area contributed by atoms with Gasteiger partial charge in [0.05, 0.1) is 6.61 Å². The molecule has 0 bridgehead atoms. The summed E-state index contributed by atoms with van der Waals surface area (Å²) in [6.07, 6.45) is 2.54. The summed E-state index contributed by atoms with van der Waals surface area (Å²) >= 11 is 5.86. The number of ether oxygens (including phenoxy) is 1. The van der Waals surface area contributed by atoms with Crippen LogP contribution < -0.4 is 0 Å². The minimum absolute atomic E-state index is 0.0402. The van der Waals surface area contributed by atoms with Crippen LogP contribution in [0.1, 0.15) is 24.3 Å². The molecule has 1 saturated carbocycles. The fourth-order valence-corrected chi connectivity index (χ4v) is 1.94. The van der Waals surface area contributed by atoms with Gasteiger partial charge in [-0.15, -0.1) is 11.6 Å². The van der Waals surface area contributed by atoms with E-state index in [4.69, 9.17) is 16.3 Å². The molecule has 0 aliphatic heterocycles. The van der Waals surface area contributed by atoms with Crippen molar-refractivity contribution >= 4 is 11.6 Å². The van der Waals surface area contributed by atoms with Crippen molar-refractivity contribution in [1.29, 1.82) is 0 Å². The molecule has 16 heavy (non-hydrogen) atoms. The molecule has 1 fully saturated rings. The van der Waals surface area contributed by atoms with Crippen LogP contribution in [0.3, 0.4) is 0 Å². The van der Waals surface area contributed by atoms with Crippen molar-refractivity contribution in [2.45, 2.75) is 18.8 Å². The van der Waals surface area contributed by atoms with Crippen molar-refractivity contribution in [2.24, 2.45) is 5.92 Å². The smallest absolute Gasteiger partial charge is 0.126 e. The van der Waals surface area contributed by atoms with Gasteiger partial charge in [0.1, 0.15) is 5.82 Å². The fraction of sp³-hybridized carbons (Fsp3) is 0.538. The molecule has 0 heterocycles. The van der Waals surface area contributed by atoms with E-state index in [1.807, 2.05) is 6.07 Å². The van der Waals surface area contributed by atoms with E-state index in [-0.39, 0.29) is 11.7 Å². The van der Waals surface area contributed by atoms with Gasteiger partial charge in [-0.25, -0.2) is 4.39 Å². The van der Waals surface area contributed by atoms with Crippen molar-refractivity contribution < 1.29 is 9.13 Å². The summed E-state index contributed by atoms with van der Waals surface area (Å²) in [6.45, 7) is 1.31. The standard InChI is InChI=1S/C13H16ClFO/c14-7-11(9-16-8-10-5-6-10)12-3-1-2-4-13(12)15/h1-4,10-11H,5-9H2. The summed E-state index contributed by atoms with van der Waals surface area (Å²) in [6, 6.07) is 6.77. The normalized spacial score (nSPS) is 17.4. The molecule has 0 amide bonds. The summed E-state index contributed by atoms with van der Waals surface area (Å²) in [5.41, 5.74) is 0.660. The quantitative estimate of drug-likeness (QED) is 0.693. The molecule has 1 aliphatic carbocycles. The van der Waals surface area contributed by atoms with Crippen molar-refractivity contribution in [1.82, 2.24) is 0 Å². The van der Waals surface area contributed by atoms with E-state index in [2.05, 4.69) is 0 Å². The van der Waals surface area contributed by atoms with Gasteiger partial charge in [0.2, 0.25) is 0 Å². The van der Waals surface area contributed by atoms with Gasteiger partial charge in [-0.2, -0.15) is 0 Å². The van der Waals surface area contributed by atoms with Crippen LogP contribution in [0.5, 0.6) is 0 Å². The van der Waals surface area contributed by atoms with Gasteiger partial charge in [-0.3, -0.25) is 0 Å². The van der Waals surface area contributed by atoms with Crippen LogP contribution in [0.15, 0.2) is 24.3 Å². The second kappa shape index (κ2) is 5.65. The molecule has 1 aliphatic rings. The second-order valence-electron chi connectivity index (χ2n) is 4.35. The number of hydrogen-bond acceptors (Lipinski definition) is 1. The lowest BCUT2D eigenvalue weighted by Crippen LogP contribution is -2.12. The van der Waals surface area contributed by atoms with E-state index in [0.29, 0.717) is 18.1 Å². The Kier molecular flexibility index (Phi) is 4.19. The van der Waals surface area contributed by atoms with Gasteiger partial charge in [0, 0.05) is 18.4 Å². The molecule has 2 rings (SSSR count). The molecular formula is C13H16ClFO. The summed E-state index contributed by atoms with van der Waals surface area (Å²) in [7, 11) is 0. The predicted molar refractivity (Wildman–Crippen MR) is 63.4 cm³/mol. The van der Waals surface area contributed by atoms with Crippen LogP contribution in [-0.2, 0) is 4.74 Å². The van der Waals surface area contributed by atoms with Gasteiger partial charge in [-0.05, 0) is 30.4 Å². The first kappa shape index (κ1) is 11.9. The van der Waals surface area contributed by atoms with Crippen molar-refractivity contribution in [3.8, 4) is 0 Å². The third-order valence-electron chi connectivity index (χ3n) is 2.90. The van der Waals surface area contributed by atoms with E-state index in [9.17, 15) is 4.39 Å². The molecule has 1 aromatic carbocycles. The van der Waals surface area contributed by atoms with E-state index in [1.165, 1.54) is 18.9 Å². The van der Waals surface area contributed by atoms with Crippen LogP contribution in [0.25, 0.3) is 0 Å². The Labute approximate surface area is 101 Å². The average molecular weight is 243 g/mol. The molecule has 0 aromatic heterocycles. The number of hydrogen-bond donors (Lipinski definition) is 0. The summed E-state index contributed by atoms with van der Waals surface area (Å²) in [4.78, 5) is 0. The number of halogens is 2. The molecule has 3 heteroatoms. The molecule has 0 N–H and O–H groups in total. The highest BCUT2D eigenvalue weighted by atomic mass is 35.5. The topological polar surface area (TPSA) is 9.23 Å². The zero-order chi connectivity index (χ0) is 11.4. The summed E-state index contributed by atoms with van der Waals surface area (Å²) < 4.78 is 19.1. The largest absolute Gasteiger partial charge is 0.380 e. The zero-order valence-electron chi connectivity index (χ0n) is 9.16. The Bertz CT molecular complexity index is 338. The molecule has 1 atom stereocenters. The maximum absolute atomic E-state index is 13.5. The molecular weight excluding hydrogens is 227 g/mol. The summed E-state index contributed by atoms with van der Waals surface area (Å²) in [5.74, 6) is 0.896. The molecule has 0 spiro atoms. The number of benzene rings is 1. The predicted octanol–water partition coefficient (Wildman–Crippen LogP) is 3.57. The molecule has 0 radical (unpaired) electrons. The monoisotopic (exact) mass is 242 g/mol. The van der Waals surface area contributed by atoms with Crippen molar-refractivity contribution in [3.05, 3.63) is 35.6 Å². The Morgan fingerprint density at radius 3 is 2.75 bits per heavy atom. The minimum Gasteiger partial charge on any atom is -0.380 e. The third-order valence-corrected chi connectivity index (χ3v) is 3.27. The molecule has 1 nitrogen and oxygen atoms in total. The van der Waals surface area contributed by atoms with Crippen LogP contribution in [0.4, 0.5) is 4.39 Å². The van der Waals surface area contributed by atoms with E-state index < -0.39 is 0 Å². The lowest BCUT2D eigenvalue weighted by molar-refractivity contribution is 0.114. The Morgan fingerprint density at radius 1 is 1.38 bits per heavy atom. The van der Waals surface area contributed by atoms with Gasteiger partial charge in [0.25, 0.3) is 0 Å². The average Bonchev–Trinajstić information content (AvgIpc) is 3.10. The van der Waals surface area contributed by atoms with Crippen molar-refractivity contribution in [3.63, 3.8) is 0 Å². The van der Waals surface area contributed by atoms with Crippen molar-refractivity contribution in [2.75, 3.05) is 19.1 Å². The number of rotatable bonds is 6. The lowest BCUT2D eigenvalue weighted by Gasteiger charge is -2.15. The van der Waals surface area contributed by atoms with Crippen LogP contribution in [-0.4, -0.2) is 19.1 Å². The van der Waals surface area contributed by atoms with E-state index in [1.54, 1.807) is 12.1 Å². The number of alkyl halides is 1. The van der Waals surface area contributed by atoms with Crippen LogP contribution in [0, 0.1) is 11.7 Å². The Hall–Kier alpha value is -0.600. The maximum atomic E-state index is 13.5. The first-order valence-electron chi connectivity index (χ1n) is 5.69. The highest BCUT2D eigenvalue weighted by molar-refractivity contribution is 6.18. The van der Waals surface area contributed by atoms with Gasteiger partial charge in [0.15, 0.2) is 0 Å². The fourth-order valence-electron chi connectivity index (χ4n) is 1.69. The highest BCUT2D eigenvalue weighted by Crippen LogP contribution is 2.29. The van der Waals surface area contributed by atoms with Crippen LogP contribution >= 0.6 is 11.6 Å². The van der Waals surface area contributed by atoms with Gasteiger partial charge < -0.3 is 4.74 Å². The first-order valence-corrected chi connectivity index (χ1v) is 6.23. The Balaban J connectivity index is 1.90. The van der Waals surface area contributed by atoms with Gasteiger partial charge >= 0.3 is 0 Å². The van der Waals surface area contributed by atoms with Crippen LogP contribution in [0.2, 0.25) is 0 Å². The molecule has 88 valence electrons. The van der Waals surface area contributed by atoms with E-state index >= 15 is 0 Å². The molecule has 1 unspecified atom stereocenters. The second-order valence-corrected chi connectivity index (χ2v) is 4.66.